The third kappa shape index (κ3) is 2.71. The minimum atomic E-state index is -0.403. The van der Waals surface area contributed by atoms with Crippen LogP contribution in [0.2, 0.25) is 0 Å². The topological polar surface area (TPSA) is 56.3 Å². The van der Waals surface area contributed by atoms with E-state index in [1.165, 1.54) is 12.1 Å². The number of hydrogen-bond acceptors (Lipinski definition) is 3. The van der Waals surface area contributed by atoms with E-state index in [4.69, 9.17) is 0 Å². The summed E-state index contributed by atoms with van der Waals surface area (Å²) in [6, 6.07) is 4.36. The van der Waals surface area contributed by atoms with Gasteiger partial charge in [0.05, 0.1) is 11.5 Å². The molecule has 1 aromatic heterocycles. The number of aromatic nitrogens is 1. The van der Waals surface area contributed by atoms with Gasteiger partial charge in [-0.25, -0.2) is 4.39 Å². The molecule has 2 aromatic rings. The van der Waals surface area contributed by atoms with E-state index in [2.05, 4.69) is 9.88 Å². The fraction of sp³-hybridized carbons (Fsp3) is 0.438. The van der Waals surface area contributed by atoms with Crippen LogP contribution in [0.15, 0.2) is 23.0 Å². The molecule has 0 bridgehead atoms. The van der Waals surface area contributed by atoms with E-state index in [1.54, 1.807) is 6.07 Å². The number of pyridine rings is 1. The van der Waals surface area contributed by atoms with Gasteiger partial charge in [0.2, 0.25) is 0 Å². The molecule has 1 aromatic carbocycles. The first-order valence-corrected chi connectivity index (χ1v) is 7.32. The van der Waals surface area contributed by atoms with E-state index in [-0.39, 0.29) is 11.7 Å². The van der Waals surface area contributed by atoms with Crippen LogP contribution in [0.5, 0.6) is 0 Å². The number of H-pyrrole nitrogens is 1. The van der Waals surface area contributed by atoms with Crippen LogP contribution in [0.1, 0.15) is 24.6 Å². The molecule has 21 heavy (non-hydrogen) atoms. The summed E-state index contributed by atoms with van der Waals surface area (Å²) in [5, 5.41) is 10.8. The van der Waals surface area contributed by atoms with Crippen molar-refractivity contribution in [3.63, 3.8) is 0 Å². The average Bonchev–Trinajstić information content (AvgIpc) is 2.87. The first-order chi connectivity index (χ1) is 10.1. The third-order valence-corrected chi connectivity index (χ3v) is 4.16. The Morgan fingerprint density at radius 2 is 2.24 bits per heavy atom. The summed E-state index contributed by atoms with van der Waals surface area (Å²) in [5.74, 6) is -0.403. The predicted molar refractivity (Wildman–Crippen MR) is 79.8 cm³/mol. The molecule has 0 radical (unpaired) electrons. The summed E-state index contributed by atoms with van der Waals surface area (Å²) in [6.45, 7) is 4.14. The van der Waals surface area contributed by atoms with E-state index in [0.29, 0.717) is 24.9 Å². The molecule has 1 fully saturated rings. The molecule has 4 nitrogen and oxygen atoms in total. The number of nitrogens with zero attached hydrogens (tertiary/aromatic N) is 1. The molecule has 0 unspecified atom stereocenters. The van der Waals surface area contributed by atoms with Crippen molar-refractivity contribution in [3.05, 3.63) is 45.6 Å². The Morgan fingerprint density at radius 1 is 1.43 bits per heavy atom. The second kappa shape index (κ2) is 5.58. The number of hydrogen-bond donors (Lipinski definition) is 2. The number of aromatic amines is 1. The summed E-state index contributed by atoms with van der Waals surface area (Å²) < 4.78 is 13.4. The van der Waals surface area contributed by atoms with Gasteiger partial charge in [0.15, 0.2) is 0 Å². The van der Waals surface area contributed by atoms with E-state index in [0.717, 1.165) is 29.6 Å². The van der Waals surface area contributed by atoms with Crippen LogP contribution in [0.4, 0.5) is 4.39 Å². The molecular formula is C16H19FN2O2. The Balaban J connectivity index is 2.10. The Hall–Kier alpha value is -1.72. The molecule has 1 atom stereocenters. The summed E-state index contributed by atoms with van der Waals surface area (Å²) in [5.41, 5.74) is 1.67. The number of likely N-dealkylation sites (tertiary alicyclic amines) is 1. The van der Waals surface area contributed by atoms with Crippen LogP contribution < -0.4 is 5.56 Å². The maximum absolute atomic E-state index is 13.4. The summed E-state index contributed by atoms with van der Waals surface area (Å²) >= 11 is 0. The van der Waals surface area contributed by atoms with Gasteiger partial charge in [0, 0.05) is 25.3 Å². The normalized spacial score (nSPS) is 19.5. The van der Waals surface area contributed by atoms with E-state index in [9.17, 15) is 14.3 Å². The van der Waals surface area contributed by atoms with E-state index in [1.807, 2.05) is 6.92 Å². The molecule has 1 aliphatic heterocycles. The fourth-order valence-corrected chi connectivity index (χ4v) is 3.07. The zero-order valence-corrected chi connectivity index (χ0v) is 12.0. The summed E-state index contributed by atoms with van der Waals surface area (Å²) in [7, 11) is 0. The quantitative estimate of drug-likeness (QED) is 0.906. The number of aryl methyl sites for hydroxylation is 1. The molecule has 2 N–H and O–H groups in total. The Bertz CT molecular complexity index is 726. The molecule has 2 heterocycles. The molecule has 5 heteroatoms. The average molecular weight is 290 g/mol. The highest BCUT2D eigenvalue weighted by atomic mass is 19.1. The van der Waals surface area contributed by atoms with E-state index < -0.39 is 5.82 Å². The number of fused-ring (bicyclic) bond motifs is 1. The van der Waals surface area contributed by atoms with Crippen molar-refractivity contribution < 1.29 is 9.50 Å². The lowest BCUT2D eigenvalue weighted by atomic mass is 10.0. The number of halogens is 1. The first-order valence-electron chi connectivity index (χ1n) is 7.32. The lowest BCUT2D eigenvalue weighted by Crippen LogP contribution is -2.24. The molecule has 0 spiro atoms. The van der Waals surface area contributed by atoms with Gasteiger partial charge >= 0.3 is 0 Å². The highest BCUT2D eigenvalue weighted by Gasteiger charge is 2.22. The van der Waals surface area contributed by atoms with Gasteiger partial charge in [-0.15, -0.1) is 0 Å². The van der Waals surface area contributed by atoms with Gasteiger partial charge < -0.3 is 10.1 Å². The maximum Gasteiger partial charge on any atom is 0.256 e. The zero-order chi connectivity index (χ0) is 15.0. The van der Waals surface area contributed by atoms with Gasteiger partial charge in [-0.1, -0.05) is 13.0 Å². The molecule has 1 aliphatic rings. The highest BCUT2D eigenvalue weighted by molar-refractivity contribution is 5.85. The summed E-state index contributed by atoms with van der Waals surface area (Å²) in [4.78, 5) is 17.1. The van der Waals surface area contributed by atoms with Crippen molar-refractivity contribution >= 4 is 10.8 Å². The van der Waals surface area contributed by atoms with Gasteiger partial charge in [0.25, 0.3) is 5.56 Å². The highest BCUT2D eigenvalue weighted by Crippen LogP contribution is 2.23. The minimum absolute atomic E-state index is 0.244. The lowest BCUT2D eigenvalue weighted by molar-refractivity contribution is 0.175. The molecule has 0 aliphatic carbocycles. The fourth-order valence-electron chi connectivity index (χ4n) is 3.07. The van der Waals surface area contributed by atoms with Gasteiger partial charge in [-0.2, -0.15) is 0 Å². The van der Waals surface area contributed by atoms with Crippen LogP contribution in [0.25, 0.3) is 10.8 Å². The number of aliphatic hydroxyl groups is 1. The number of nitrogens with one attached hydrogen (secondary N) is 1. The largest absolute Gasteiger partial charge is 0.392 e. The van der Waals surface area contributed by atoms with Crippen LogP contribution in [-0.4, -0.2) is 34.2 Å². The van der Waals surface area contributed by atoms with Crippen molar-refractivity contribution in [2.75, 3.05) is 13.1 Å². The SMILES string of the molecule is CCc1[nH]c(=O)c2cc(F)ccc2c1CN1CC[C@H](O)C1. The lowest BCUT2D eigenvalue weighted by Gasteiger charge is -2.19. The standard InChI is InChI=1S/C16H19FN2O2/c1-2-15-14(9-19-6-5-11(20)8-19)12-4-3-10(17)7-13(12)16(21)18-15/h3-4,7,11,20H,2,5-6,8-9H2,1H3,(H,18,21)/t11-/m0/s1. The molecule has 0 saturated carbocycles. The third-order valence-electron chi connectivity index (χ3n) is 4.16. The number of aliphatic hydroxyl groups excluding tert-OH is 1. The second-order valence-electron chi connectivity index (χ2n) is 5.63. The maximum atomic E-state index is 13.4. The number of rotatable bonds is 3. The van der Waals surface area contributed by atoms with Crippen molar-refractivity contribution in [1.29, 1.82) is 0 Å². The molecular weight excluding hydrogens is 271 g/mol. The van der Waals surface area contributed by atoms with Gasteiger partial charge in [-0.3, -0.25) is 9.69 Å². The van der Waals surface area contributed by atoms with Crippen molar-refractivity contribution in [1.82, 2.24) is 9.88 Å². The number of β-amino-alcohol motifs (C(OH)–C–C–N with tert-alkyl or cyclic N) is 1. The summed E-state index contributed by atoms with van der Waals surface area (Å²) in [6.07, 6.45) is 1.22. The molecule has 112 valence electrons. The first kappa shape index (κ1) is 14.2. The van der Waals surface area contributed by atoms with Crippen LogP contribution >= 0.6 is 0 Å². The predicted octanol–water partition coefficient (Wildman–Crippen LogP) is 1.80. The van der Waals surface area contributed by atoms with Crippen LogP contribution in [0.3, 0.4) is 0 Å². The molecule has 3 rings (SSSR count). The van der Waals surface area contributed by atoms with Crippen LogP contribution in [-0.2, 0) is 13.0 Å². The van der Waals surface area contributed by atoms with Crippen molar-refractivity contribution in [3.8, 4) is 0 Å². The molecule has 0 amide bonds. The van der Waals surface area contributed by atoms with Gasteiger partial charge in [0.1, 0.15) is 5.82 Å². The van der Waals surface area contributed by atoms with Gasteiger partial charge in [-0.05, 0) is 35.9 Å². The Labute approximate surface area is 122 Å². The van der Waals surface area contributed by atoms with Crippen LogP contribution in [0, 0.1) is 5.82 Å². The smallest absolute Gasteiger partial charge is 0.256 e. The van der Waals surface area contributed by atoms with E-state index >= 15 is 0 Å². The number of benzene rings is 1. The Kier molecular flexibility index (Phi) is 3.78. The van der Waals surface area contributed by atoms with Crippen molar-refractivity contribution in [2.24, 2.45) is 0 Å². The minimum Gasteiger partial charge on any atom is -0.392 e. The molecule has 1 saturated heterocycles. The Morgan fingerprint density at radius 3 is 2.90 bits per heavy atom. The second-order valence-corrected chi connectivity index (χ2v) is 5.63. The monoisotopic (exact) mass is 290 g/mol. The van der Waals surface area contributed by atoms with Crippen molar-refractivity contribution in [2.45, 2.75) is 32.4 Å². The zero-order valence-electron chi connectivity index (χ0n) is 12.0.